The summed E-state index contributed by atoms with van der Waals surface area (Å²) in [4.78, 5) is 29.9. The number of hydrogen-bond donors (Lipinski definition) is 2. The quantitative estimate of drug-likeness (QED) is 0.522. The summed E-state index contributed by atoms with van der Waals surface area (Å²) in [6.07, 6.45) is 4.59. The van der Waals surface area contributed by atoms with Crippen LogP contribution in [0.1, 0.15) is 36.0 Å². The number of aromatic nitrogens is 4. The molecule has 10 heteroatoms. The Morgan fingerprint density at radius 2 is 2.04 bits per heavy atom. The zero-order valence-corrected chi connectivity index (χ0v) is 16.1. The molecule has 0 saturated carbocycles. The molecule has 3 aromatic rings. The smallest absolute Gasteiger partial charge is 0.248 e. The highest BCUT2D eigenvalue weighted by atomic mass is 32.2. The van der Waals surface area contributed by atoms with E-state index in [4.69, 9.17) is 4.98 Å². The topological polar surface area (TPSA) is 101 Å². The van der Waals surface area contributed by atoms with Crippen LogP contribution in [0.5, 0.6) is 0 Å². The molecular formula is C16H18N6O2S2. The summed E-state index contributed by atoms with van der Waals surface area (Å²) in [6, 6.07) is 0. The first kappa shape index (κ1) is 17.2. The van der Waals surface area contributed by atoms with E-state index in [0.29, 0.717) is 5.16 Å². The summed E-state index contributed by atoms with van der Waals surface area (Å²) < 4.78 is 1.92. The number of nitrogens with one attached hydrogen (secondary N) is 2. The fourth-order valence-electron chi connectivity index (χ4n) is 3.20. The van der Waals surface area contributed by atoms with Crippen LogP contribution in [0.25, 0.3) is 15.9 Å². The van der Waals surface area contributed by atoms with Gasteiger partial charge in [-0.05, 0) is 38.2 Å². The maximum absolute atomic E-state index is 11.8. The minimum Gasteiger partial charge on any atom is -0.274 e. The molecule has 2 amide bonds. The van der Waals surface area contributed by atoms with Crippen molar-refractivity contribution in [3.63, 3.8) is 0 Å². The Bertz CT molecular complexity index is 1030. The Labute approximate surface area is 157 Å². The standard InChI is InChI=1S/C16H18N6O2S2/c1-8-17-15-13(10-5-3-4-6-11(10)26-15)14-20-21-16(22(8)14)25-7-12(24)19-18-9(2)23/h3-7H2,1-2H3,(H,18,23)(H,19,24). The number of hydrazine groups is 1. The molecule has 0 atom stereocenters. The van der Waals surface area contributed by atoms with E-state index in [1.165, 1.54) is 42.0 Å². The zero-order valence-electron chi connectivity index (χ0n) is 14.5. The van der Waals surface area contributed by atoms with Gasteiger partial charge in [0.1, 0.15) is 10.7 Å². The van der Waals surface area contributed by atoms with Gasteiger partial charge in [0.05, 0.1) is 11.1 Å². The molecule has 3 heterocycles. The van der Waals surface area contributed by atoms with Crippen molar-refractivity contribution in [3.8, 4) is 0 Å². The second-order valence-electron chi connectivity index (χ2n) is 6.21. The Morgan fingerprint density at radius 1 is 1.23 bits per heavy atom. The molecule has 0 spiro atoms. The van der Waals surface area contributed by atoms with E-state index < -0.39 is 0 Å². The van der Waals surface area contributed by atoms with E-state index >= 15 is 0 Å². The highest BCUT2D eigenvalue weighted by Gasteiger charge is 2.22. The molecule has 0 bridgehead atoms. The normalized spacial score (nSPS) is 13.8. The molecule has 136 valence electrons. The van der Waals surface area contributed by atoms with Crippen molar-refractivity contribution in [2.75, 3.05) is 5.75 Å². The second-order valence-corrected chi connectivity index (χ2v) is 8.24. The summed E-state index contributed by atoms with van der Waals surface area (Å²) in [5.41, 5.74) is 6.79. The Hall–Kier alpha value is -2.20. The molecule has 1 aliphatic rings. The van der Waals surface area contributed by atoms with E-state index in [1.54, 1.807) is 11.3 Å². The van der Waals surface area contributed by atoms with Gasteiger partial charge in [-0.15, -0.1) is 21.5 Å². The number of carbonyl (C=O) groups excluding carboxylic acids is 2. The van der Waals surface area contributed by atoms with Crippen LogP contribution < -0.4 is 10.9 Å². The van der Waals surface area contributed by atoms with E-state index in [1.807, 2.05) is 11.3 Å². The molecule has 0 unspecified atom stereocenters. The first-order chi connectivity index (χ1) is 12.5. The predicted molar refractivity (Wildman–Crippen MR) is 100 cm³/mol. The van der Waals surface area contributed by atoms with Crippen molar-refractivity contribution >= 4 is 50.8 Å². The lowest BCUT2D eigenvalue weighted by atomic mass is 9.97. The van der Waals surface area contributed by atoms with Crippen LogP contribution in [0.15, 0.2) is 5.16 Å². The average molecular weight is 390 g/mol. The number of rotatable bonds is 3. The number of nitrogens with zero attached hydrogens (tertiary/aromatic N) is 4. The number of carbonyl (C=O) groups is 2. The number of hydrogen-bond acceptors (Lipinski definition) is 7. The molecule has 3 aromatic heterocycles. The van der Waals surface area contributed by atoms with Crippen molar-refractivity contribution in [3.05, 3.63) is 16.3 Å². The molecule has 0 aromatic carbocycles. The van der Waals surface area contributed by atoms with E-state index in [2.05, 4.69) is 21.0 Å². The average Bonchev–Trinajstić information content (AvgIpc) is 3.19. The van der Waals surface area contributed by atoms with Crippen LogP contribution in [-0.4, -0.2) is 37.1 Å². The van der Waals surface area contributed by atoms with Crippen LogP contribution >= 0.6 is 23.1 Å². The lowest BCUT2D eigenvalue weighted by Gasteiger charge is -2.10. The summed E-state index contributed by atoms with van der Waals surface area (Å²) in [5, 5.41) is 10.4. The van der Waals surface area contributed by atoms with E-state index in [9.17, 15) is 9.59 Å². The molecule has 0 radical (unpaired) electrons. The molecule has 4 rings (SSSR count). The Balaban J connectivity index is 1.67. The van der Waals surface area contributed by atoms with Crippen LogP contribution in [-0.2, 0) is 22.4 Å². The zero-order chi connectivity index (χ0) is 18.3. The van der Waals surface area contributed by atoms with Gasteiger partial charge in [-0.25, -0.2) is 4.98 Å². The highest BCUT2D eigenvalue weighted by Crippen LogP contribution is 2.38. The van der Waals surface area contributed by atoms with Crippen LogP contribution in [0.4, 0.5) is 0 Å². The summed E-state index contributed by atoms with van der Waals surface area (Å²) in [6.45, 7) is 3.26. The number of thioether (sulfide) groups is 1. The molecule has 0 fully saturated rings. The minimum absolute atomic E-state index is 0.125. The van der Waals surface area contributed by atoms with Crippen LogP contribution in [0, 0.1) is 6.92 Å². The van der Waals surface area contributed by atoms with Gasteiger partial charge in [-0.2, -0.15) is 0 Å². The largest absolute Gasteiger partial charge is 0.274 e. The third-order valence-corrected chi connectivity index (χ3v) is 6.42. The van der Waals surface area contributed by atoms with Gasteiger partial charge in [0.2, 0.25) is 11.8 Å². The minimum atomic E-state index is -0.319. The molecular weight excluding hydrogens is 372 g/mol. The maximum atomic E-state index is 11.8. The van der Waals surface area contributed by atoms with Gasteiger partial charge in [-0.3, -0.25) is 24.8 Å². The van der Waals surface area contributed by atoms with Crippen molar-refractivity contribution in [1.29, 1.82) is 0 Å². The molecule has 1 aliphatic carbocycles. The van der Waals surface area contributed by atoms with Crippen molar-refractivity contribution in [1.82, 2.24) is 30.4 Å². The van der Waals surface area contributed by atoms with Gasteiger partial charge in [0.25, 0.3) is 0 Å². The van der Waals surface area contributed by atoms with Crippen molar-refractivity contribution in [2.24, 2.45) is 0 Å². The van der Waals surface area contributed by atoms with Crippen molar-refractivity contribution in [2.45, 2.75) is 44.7 Å². The van der Waals surface area contributed by atoms with Crippen molar-refractivity contribution < 1.29 is 9.59 Å². The van der Waals surface area contributed by atoms with Gasteiger partial charge < -0.3 is 0 Å². The molecule has 0 aliphatic heterocycles. The Morgan fingerprint density at radius 3 is 2.85 bits per heavy atom. The third kappa shape index (κ3) is 3.03. The number of amides is 2. The molecule has 8 nitrogen and oxygen atoms in total. The lowest BCUT2D eigenvalue weighted by Crippen LogP contribution is -2.41. The maximum Gasteiger partial charge on any atom is 0.248 e. The fourth-order valence-corrected chi connectivity index (χ4v) is 5.28. The molecule has 26 heavy (non-hydrogen) atoms. The SMILES string of the molecule is CC(=O)NNC(=O)CSc1nnc2c3c4c(sc3nc(C)n12)CCCC4. The second kappa shape index (κ2) is 6.84. The highest BCUT2D eigenvalue weighted by molar-refractivity contribution is 7.99. The number of fused-ring (bicyclic) bond motifs is 5. The summed E-state index contributed by atoms with van der Waals surface area (Å²) in [5.74, 6) is 0.309. The molecule has 2 N–H and O–H groups in total. The van der Waals surface area contributed by atoms with Gasteiger partial charge >= 0.3 is 0 Å². The van der Waals surface area contributed by atoms with Gasteiger partial charge in [0.15, 0.2) is 10.8 Å². The number of thiophene rings is 1. The van der Waals surface area contributed by atoms with Gasteiger partial charge in [-0.1, -0.05) is 11.8 Å². The number of aryl methyl sites for hydroxylation is 3. The predicted octanol–water partition coefficient (Wildman–Crippen LogP) is 1.79. The van der Waals surface area contributed by atoms with Gasteiger partial charge in [0, 0.05) is 11.8 Å². The van der Waals surface area contributed by atoms with E-state index in [0.717, 1.165) is 34.5 Å². The van der Waals surface area contributed by atoms with Crippen LogP contribution in [0.2, 0.25) is 0 Å². The van der Waals surface area contributed by atoms with Crippen LogP contribution in [0.3, 0.4) is 0 Å². The molecule has 0 saturated heterocycles. The fraction of sp³-hybridized carbons (Fsp3) is 0.438. The monoisotopic (exact) mass is 390 g/mol. The first-order valence-corrected chi connectivity index (χ1v) is 10.2. The first-order valence-electron chi connectivity index (χ1n) is 8.39. The van der Waals surface area contributed by atoms with E-state index in [-0.39, 0.29) is 17.6 Å². The Kier molecular flexibility index (Phi) is 4.53. The summed E-state index contributed by atoms with van der Waals surface area (Å²) >= 11 is 3.03. The summed E-state index contributed by atoms with van der Waals surface area (Å²) in [7, 11) is 0. The third-order valence-electron chi connectivity index (χ3n) is 4.31. The lowest BCUT2D eigenvalue weighted by molar-refractivity contribution is -0.126.